The lowest BCUT2D eigenvalue weighted by molar-refractivity contribution is -0.142. The highest BCUT2D eigenvalue weighted by molar-refractivity contribution is 7.90. The fourth-order valence-electron chi connectivity index (χ4n) is 6.49. The van der Waals surface area contributed by atoms with Gasteiger partial charge in [0.05, 0.1) is 23.4 Å². The van der Waals surface area contributed by atoms with Crippen molar-refractivity contribution >= 4 is 22.0 Å². The smallest absolute Gasteiger partial charge is 0.410 e. The van der Waals surface area contributed by atoms with E-state index < -0.39 is 15.6 Å². The van der Waals surface area contributed by atoms with E-state index in [0.717, 1.165) is 32.1 Å². The molecule has 2 saturated carbocycles. The van der Waals surface area contributed by atoms with Crippen LogP contribution in [0.2, 0.25) is 0 Å². The van der Waals surface area contributed by atoms with E-state index in [-0.39, 0.29) is 41.5 Å². The summed E-state index contributed by atoms with van der Waals surface area (Å²) < 4.78 is 34.0. The van der Waals surface area contributed by atoms with E-state index in [2.05, 4.69) is 4.72 Å². The highest BCUT2D eigenvalue weighted by atomic mass is 32.2. The van der Waals surface area contributed by atoms with Gasteiger partial charge in [0.1, 0.15) is 0 Å². The van der Waals surface area contributed by atoms with E-state index in [9.17, 15) is 18.0 Å². The van der Waals surface area contributed by atoms with Gasteiger partial charge in [-0.15, -0.1) is 0 Å². The molecule has 0 bridgehead atoms. The molecular weight excluding hydrogens is 454 g/mol. The van der Waals surface area contributed by atoms with E-state index in [4.69, 9.17) is 4.74 Å². The second kappa shape index (κ2) is 10.3. The van der Waals surface area contributed by atoms with Gasteiger partial charge < -0.3 is 14.5 Å². The van der Waals surface area contributed by atoms with Crippen LogP contribution in [0.1, 0.15) is 93.4 Å². The first-order valence-corrected chi connectivity index (χ1v) is 14.5. The van der Waals surface area contributed by atoms with Gasteiger partial charge in [-0.05, 0) is 98.3 Å². The van der Waals surface area contributed by atoms with Crippen LogP contribution < -0.4 is 4.72 Å². The molecule has 3 unspecified atom stereocenters. The lowest BCUT2D eigenvalue weighted by Gasteiger charge is -2.54. The molecule has 0 aromatic rings. The molecule has 1 aliphatic heterocycles. The van der Waals surface area contributed by atoms with E-state index in [1.165, 1.54) is 0 Å². The molecule has 8 nitrogen and oxygen atoms in total. The number of sulfonamides is 1. The molecule has 9 heteroatoms. The van der Waals surface area contributed by atoms with Crippen LogP contribution in [0.3, 0.4) is 0 Å². The molecule has 1 N–H and O–H groups in total. The summed E-state index contributed by atoms with van der Waals surface area (Å²) in [5.41, 5.74) is -0.469. The SMILES string of the molecule is CC(=O)N1C2CCC(C3CCC(S(=O)(=O)NC(C)(C)C)CC3)CC2N(C(=O)OC(C)C)C[C@@H]1C. The molecule has 0 aromatic carbocycles. The number of carbonyl (C=O) groups is 2. The third-order valence-corrected chi connectivity index (χ3v) is 9.97. The zero-order valence-electron chi connectivity index (χ0n) is 22.0. The molecule has 34 heavy (non-hydrogen) atoms. The summed E-state index contributed by atoms with van der Waals surface area (Å²) in [6.07, 6.45) is 5.38. The maximum atomic E-state index is 13.0. The Balaban J connectivity index is 1.70. The van der Waals surface area contributed by atoms with Gasteiger partial charge in [-0.25, -0.2) is 17.9 Å². The number of piperazine rings is 1. The average molecular weight is 500 g/mol. The van der Waals surface area contributed by atoms with Gasteiger partial charge in [0, 0.05) is 25.0 Å². The highest BCUT2D eigenvalue weighted by Gasteiger charge is 2.48. The molecule has 3 rings (SSSR count). The Kier molecular flexibility index (Phi) is 8.28. The third kappa shape index (κ3) is 6.25. The number of hydrogen-bond acceptors (Lipinski definition) is 5. The van der Waals surface area contributed by atoms with Crippen molar-refractivity contribution in [1.29, 1.82) is 0 Å². The molecule has 0 spiro atoms. The number of ether oxygens (including phenoxy) is 1. The number of rotatable bonds is 4. The first-order chi connectivity index (χ1) is 15.7. The zero-order valence-corrected chi connectivity index (χ0v) is 22.9. The predicted molar refractivity (Wildman–Crippen MR) is 133 cm³/mol. The molecule has 196 valence electrons. The van der Waals surface area contributed by atoms with Crippen LogP contribution >= 0.6 is 0 Å². The molecular formula is C25H45N3O5S. The monoisotopic (exact) mass is 499 g/mol. The Morgan fingerprint density at radius 3 is 2.09 bits per heavy atom. The Morgan fingerprint density at radius 2 is 1.56 bits per heavy atom. The van der Waals surface area contributed by atoms with Crippen molar-refractivity contribution in [2.45, 2.75) is 128 Å². The number of nitrogens with zero attached hydrogens (tertiary/aromatic N) is 2. The average Bonchev–Trinajstić information content (AvgIpc) is 2.70. The summed E-state index contributed by atoms with van der Waals surface area (Å²) in [5.74, 6) is 0.946. The number of nitrogens with one attached hydrogen (secondary N) is 1. The van der Waals surface area contributed by atoms with Gasteiger partial charge in [0.25, 0.3) is 0 Å². The molecule has 0 radical (unpaired) electrons. The Bertz CT molecular complexity index is 845. The van der Waals surface area contributed by atoms with Gasteiger partial charge in [0.2, 0.25) is 15.9 Å². The molecule has 2 aliphatic carbocycles. The van der Waals surface area contributed by atoms with Crippen molar-refractivity contribution in [3.05, 3.63) is 0 Å². The van der Waals surface area contributed by atoms with Crippen molar-refractivity contribution in [3.8, 4) is 0 Å². The molecule has 3 aliphatic rings. The van der Waals surface area contributed by atoms with Crippen LogP contribution in [-0.2, 0) is 19.6 Å². The predicted octanol–water partition coefficient (Wildman–Crippen LogP) is 3.90. The summed E-state index contributed by atoms with van der Waals surface area (Å²) in [5, 5.41) is -0.333. The molecule has 3 fully saturated rings. The normalized spacial score (nSPS) is 32.9. The van der Waals surface area contributed by atoms with E-state index in [1.54, 1.807) is 6.92 Å². The van der Waals surface area contributed by atoms with Crippen LogP contribution in [0, 0.1) is 11.8 Å². The maximum Gasteiger partial charge on any atom is 0.410 e. The summed E-state index contributed by atoms with van der Waals surface area (Å²) in [4.78, 5) is 29.3. The van der Waals surface area contributed by atoms with Crippen molar-refractivity contribution < 1.29 is 22.7 Å². The maximum absolute atomic E-state index is 13.0. The fourth-order valence-corrected chi connectivity index (χ4v) is 8.40. The van der Waals surface area contributed by atoms with Gasteiger partial charge >= 0.3 is 6.09 Å². The van der Waals surface area contributed by atoms with Crippen LogP contribution in [0.15, 0.2) is 0 Å². The number of hydrogen-bond donors (Lipinski definition) is 1. The zero-order chi connectivity index (χ0) is 25.4. The number of fused-ring (bicyclic) bond motifs is 1. The van der Waals surface area contributed by atoms with Crippen molar-refractivity contribution in [2.75, 3.05) is 6.54 Å². The highest BCUT2D eigenvalue weighted by Crippen LogP contribution is 2.43. The van der Waals surface area contributed by atoms with Crippen LogP contribution in [-0.4, -0.2) is 71.8 Å². The van der Waals surface area contributed by atoms with Gasteiger partial charge in [0.15, 0.2) is 0 Å². The summed E-state index contributed by atoms with van der Waals surface area (Å²) in [7, 11) is -3.33. The minimum Gasteiger partial charge on any atom is -0.447 e. The first kappa shape index (κ1) is 27.2. The van der Waals surface area contributed by atoms with Crippen LogP contribution in [0.4, 0.5) is 4.79 Å². The Labute approximate surface area is 206 Å². The topological polar surface area (TPSA) is 96.0 Å². The van der Waals surface area contributed by atoms with Crippen molar-refractivity contribution in [3.63, 3.8) is 0 Å². The minimum atomic E-state index is -3.33. The lowest BCUT2D eigenvalue weighted by Crippen LogP contribution is -2.67. The fraction of sp³-hybridized carbons (Fsp3) is 0.920. The largest absolute Gasteiger partial charge is 0.447 e. The van der Waals surface area contributed by atoms with Gasteiger partial charge in [-0.3, -0.25) is 4.79 Å². The van der Waals surface area contributed by atoms with E-state index in [0.29, 0.717) is 31.2 Å². The lowest BCUT2D eigenvalue weighted by atomic mass is 9.69. The quantitative estimate of drug-likeness (QED) is 0.633. The molecule has 1 saturated heterocycles. The van der Waals surface area contributed by atoms with Gasteiger partial charge in [-0.2, -0.15) is 0 Å². The van der Waals surface area contributed by atoms with E-state index in [1.807, 2.05) is 51.3 Å². The Morgan fingerprint density at radius 1 is 0.971 bits per heavy atom. The van der Waals surface area contributed by atoms with Crippen molar-refractivity contribution in [1.82, 2.24) is 14.5 Å². The first-order valence-electron chi connectivity index (χ1n) is 13.0. The van der Waals surface area contributed by atoms with Crippen LogP contribution in [0.5, 0.6) is 0 Å². The van der Waals surface area contributed by atoms with E-state index >= 15 is 0 Å². The van der Waals surface area contributed by atoms with Crippen molar-refractivity contribution in [2.24, 2.45) is 11.8 Å². The molecule has 4 atom stereocenters. The molecule has 0 aromatic heterocycles. The molecule has 1 heterocycles. The Hall–Kier alpha value is -1.35. The summed E-state index contributed by atoms with van der Waals surface area (Å²) in [6.45, 7) is 13.5. The standard InChI is InChI=1S/C25H45N3O5S/c1-16(2)33-24(30)27-15-17(3)28(18(4)29)22-13-10-20(14-23(22)27)19-8-11-21(12-9-19)34(31,32)26-25(5,6)7/h16-17,19-23,26H,8-15H2,1-7H3/t17-,19?,20?,21?,22?,23?/m0/s1. The van der Waals surface area contributed by atoms with Gasteiger partial charge in [-0.1, -0.05) is 0 Å². The minimum absolute atomic E-state index is 0.0184. The second-order valence-corrected chi connectivity index (χ2v) is 14.0. The number of carbonyl (C=O) groups excluding carboxylic acids is 2. The second-order valence-electron chi connectivity index (χ2n) is 12.0. The third-order valence-electron chi connectivity index (χ3n) is 7.72. The van der Waals surface area contributed by atoms with Crippen LogP contribution in [0.25, 0.3) is 0 Å². The molecule has 2 amide bonds. The number of amides is 2. The summed E-state index contributed by atoms with van der Waals surface area (Å²) in [6, 6.07) is -0.0648. The summed E-state index contributed by atoms with van der Waals surface area (Å²) >= 11 is 0.